The molecule has 1 heterocycles. The second-order valence-corrected chi connectivity index (χ2v) is 4.99. The summed E-state index contributed by atoms with van der Waals surface area (Å²) in [5.74, 6) is 0.683. The molecule has 0 fully saturated rings. The van der Waals surface area contributed by atoms with Gasteiger partial charge in [-0.05, 0) is 30.2 Å². The van der Waals surface area contributed by atoms with Crippen molar-refractivity contribution >= 4 is 10.9 Å². The van der Waals surface area contributed by atoms with Gasteiger partial charge in [-0.25, -0.2) is 0 Å². The highest BCUT2D eigenvalue weighted by molar-refractivity contribution is 5.83. The van der Waals surface area contributed by atoms with Gasteiger partial charge in [0.25, 0.3) is 0 Å². The van der Waals surface area contributed by atoms with Gasteiger partial charge in [-0.1, -0.05) is 32.9 Å². The van der Waals surface area contributed by atoms with Crippen molar-refractivity contribution in [3.8, 4) is 0 Å². The Morgan fingerprint density at radius 3 is 2.76 bits per heavy atom. The van der Waals surface area contributed by atoms with E-state index in [1.54, 1.807) is 0 Å². The van der Waals surface area contributed by atoms with Crippen LogP contribution in [0.2, 0.25) is 0 Å². The maximum atomic E-state index is 3.40. The average molecular weight is 230 g/mol. The van der Waals surface area contributed by atoms with Gasteiger partial charge in [0.15, 0.2) is 0 Å². The predicted octanol–water partition coefficient (Wildman–Crippen LogP) is 3.41. The minimum atomic E-state index is 0.683. The lowest BCUT2D eigenvalue weighted by Crippen LogP contribution is -2.11. The van der Waals surface area contributed by atoms with Gasteiger partial charge < -0.3 is 9.88 Å². The monoisotopic (exact) mass is 230 g/mol. The standard InChI is InChI=1S/C15H22N2/c1-4-16-10-13-6-5-7-15-14(13)8-9-17(15)11-12(2)3/h5-9,12,16H,4,10-11H2,1-3H3. The van der Waals surface area contributed by atoms with E-state index >= 15 is 0 Å². The van der Waals surface area contributed by atoms with Crippen LogP contribution in [0.4, 0.5) is 0 Å². The first kappa shape index (κ1) is 12.2. The molecule has 0 saturated heterocycles. The summed E-state index contributed by atoms with van der Waals surface area (Å²) in [6.45, 7) is 9.73. The molecule has 17 heavy (non-hydrogen) atoms. The molecule has 92 valence electrons. The van der Waals surface area contributed by atoms with Crippen molar-refractivity contribution in [2.45, 2.75) is 33.9 Å². The van der Waals surface area contributed by atoms with Crippen molar-refractivity contribution in [3.63, 3.8) is 0 Å². The second-order valence-electron chi connectivity index (χ2n) is 4.99. The Balaban J connectivity index is 2.35. The van der Waals surface area contributed by atoms with Crippen LogP contribution < -0.4 is 5.32 Å². The average Bonchev–Trinajstić information content (AvgIpc) is 2.70. The van der Waals surface area contributed by atoms with Crippen molar-refractivity contribution < 1.29 is 0 Å². The van der Waals surface area contributed by atoms with Crippen LogP contribution in [0, 0.1) is 5.92 Å². The quantitative estimate of drug-likeness (QED) is 0.833. The Morgan fingerprint density at radius 2 is 2.06 bits per heavy atom. The van der Waals surface area contributed by atoms with Crippen molar-refractivity contribution in [1.29, 1.82) is 0 Å². The van der Waals surface area contributed by atoms with Crippen LogP contribution in [0.5, 0.6) is 0 Å². The Hall–Kier alpha value is -1.28. The maximum Gasteiger partial charge on any atom is 0.0483 e. The van der Waals surface area contributed by atoms with Crippen LogP contribution in [-0.4, -0.2) is 11.1 Å². The molecule has 2 rings (SSSR count). The first-order valence-corrected chi connectivity index (χ1v) is 6.49. The lowest BCUT2D eigenvalue weighted by atomic mass is 10.1. The van der Waals surface area contributed by atoms with E-state index in [4.69, 9.17) is 0 Å². The normalized spacial score (nSPS) is 11.5. The minimum Gasteiger partial charge on any atom is -0.347 e. The molecule has 0 spiro atoms. The fourth-order valence-electron chi connectivity index (χ4n) is 2.25. The second kappa shape index (κ2) is 5.37. The molecule has 0 bridgehead atoms. The van der Waals surface area contributed by atoms with Gasteiger partial charge in [-0.15, -0.1) is 0 Å². The molecular weight excluding hydrogens is 208 g/mol. The number of hydrogen-bond donors (Lipinski definition) is 1. The zero-order valence-electron chi connectivity index (χ0n) is 11.0. The van der Waals surface area contributed by atoms with Gasteiger partial charge in [0.1, 0.15) is 0 Å². The Morgan fingerprint density at radius 1 is 1.24 bits per heavy atom. The third kappa shape index (κ3) is 2.70. The van der Waals surface area contributed by atoms with Gasteiger partial charge in [-0.2, -0.15) is 0 Å². The SMILES string of the molecule is CCNCc1cccc2c1ccn2CC(C)C. The first-order valence-electron chi connectivity index (χ1n) is 6.49. The highest BCUT2D eigenvalue weighted by atomic mass is 15.0. The fourth-order valence-corrected chi connectivity index (χ4v) is 2.25. The van der Waals surface area contributed by atoms with Crippen LogP contribution in [0.25, 0.3) is 10.9 Å². The molecule has 0 aliphatic heterocycles. The number of benzene rings is 1. The number of hydrogen-bond acceptors (Lipinski definition) is 1. The fraction of sp³-hybridized carbons (Fsp3) is 0.467. The highest BCUT2D eigenvalue weighted by Gasteiger charge is 2.06. The molecule has 0 atom stereocenters. The van der Waals surface area contributed by atoms with Crippen LogP contribution in [0.1, 0.15) is 26.3 Å². The molecule has 0 aliphatic rings. The minimum absolute atomic E-state index is 0.683. The molecule has 2 nitrogen and oxygen atoms in total. The van der Waals surface area contributed by atoms with Crippen molar-refractivity contribution in [1.82, 2.24) is 9.88 Å². The molecule has 0 amide bonds. The van der Waals surface area contributed by atoms with Crippen LogP contribution >= 0.6 is 0 Å². The molecule has 0 saturated carbocycles. The molecule has 0 radical (unpaired) electrons. The molecule has 0 unspecified atom stereocenters. The summed E-state index contributed by atoms with van der Waals surface area (Å²) in [5, 5.41) is 4.78. The topological polar surface area (TPSA) is 17.0 Å². The van der Waals surface area contributed by atoms with E-state index in [9.17, 15) is 0 Å². The highest BCUT2D eigenvalue weighted by Crippen LogP contribution is 2.21. The Bertz CT molecular complexity index is 483. The van der Waals surface area contributed by atoms with E-state index in [0.717, 1.165) is 19.6 Å². The summed E-state index contributed by atoms with van der Waals surface area (Å²) in [6, 6.07) is 8.83. The van der Waals surface area contributed by atoms with E-state index < -0.39 is 0 Å². The van der Waals surface area contributed by atoms with Gasteiger partial charge in [0, 0.05) is 30.2 Å². The Kier molecular flexibility index (Phi) is 3.85. The van der Waals surface area contributed by atoms with Crippen LogP contribution in [0.15, 0.2) is 30.5 Å². The Labute approximate surface area is 104 Å². The van der Waals surface area contributed by atoms with Gasteiger partial charge in [0.05, 0.1) is 0 Å². The summed E-state index contributed by atoms with van der Waals surface area (Å²) in [7, 11) is 0. The number of nitrogens with zero attached hydrogens (tertiary/aromatic N) is 1. The van der Waals surface area contributed by atoms with E-state index in [1.165, 1.54) is 16.5 Å². The maximum absolute atomic E-state index is 3.40. The smallest absolute Gasteiger partial charge is 0.0483 e. The molecular formula is C15H22N2. The van der Waals surface area contributed by atoms with E-state index in [-0.39, 0.29) is 0 Å². The zero-order valence-corrected chi connectivity index (χ0v) is 11.0. The summed E-state index contributed by atoms with van der Waals surface area (Å²) >= 11 is 0. The molecule has 1 aromatic carbocycles. The third-order valence-electron chi connectivity index (χ3n) is 3.03. The lowest BCUT2D eigenvalue weighted by Gasteiger charge is -2.09. The van der Waals surface area contributed by atoms with Crippen molar-refractivity contribution in [3.05, 3.63) is 36.0 Å². The first-order chi connectivity index (χ1) is 8.22. The van der Waals surface area contributed by atoms with E-state index in [2.05, 4.69) is 61.1 Å². The molecule has 2 aromatic rings. The van der Waals surface area contributed by atoms with E-state index in [0.29, 0.717) is 5.92 Å². The van der Waals surface area contributed by atoms with Crippen LogP contribution in [0.3, 0.4) is 0 Å². The molecule has 0 aliphatic carbocycles. The summed E-state index contributed by atoms with van der Waals surface area (Å²) in [6.07, 6.45) is 2.21. The van der Waals surface area contributed by atoms with Gasteiger partial charge in [-0.3, -0.25) is 0 Å². The molecule has 1 aromatic heterocycles. The van der Waals surface area contributed by atoms with E-state index in [1.807, 2.05) is 0 Å². The summed E-state index contributed by atoms with van der Waals surface area (Å²) < 4.78 is 2.36. The van der Waals surface area contributed by atoms with Gasteiger partial charge in [0.2, 0.25) is 0 Å². The lowest BCUT2D eigenvalue weighted by molar-refractivity contribution is 0.535. The number of fused-ring (bicyclic) bond motifs is 1. The van der Waals surface area contributed by atoms with Gasteiger partial charge >= 0.3 is 0 Å². The zero-order chi connectivity index (χ0) is 12.3. The largest absolute Gasteiger partial charge is 0.347 e. The predicted molar refractivity (Wildman–Crippen MR) is 74.2 cm³/mol. The summed E-state index contributed by atoms with van der Waals surface area (Å²) in [5.41, 5.74) is 2.75. The third-order valence-corrected chi connectivity index (χ3v) is 3.03. The molecule has 1 N–H and O–H groups in total. The van der Waals surface area contributed by atoms with Crippen LogP contribution in [-0.2, 0) is 13.1 Å². The number of rotatable bonds is 5. The molecule has 2 heteroatoms. The number of aromatic nitrogens is 1. The van der Waals surface area contributed by atoms with Crippen molar-refractivity contribution in [2.24, 2.45) is 5.92 Å². The number of nitrogens with one attached hydrogen (secondary N) is 1. The summed E-state index contributed by atoms with van der Waals surface area (Å²) in [4.78, 5) is 0. The van der Waals surface area contributed by atoms with Crippen molar-refractivity contribution in [2.75, 3.05) is 6.54 Å².